The normalized spacial score (nSPS) is 15.3. The summed E-state index contributed by atoms with van der Waals surface area (Å²) in [4.78, 5) is 42.3. The Bertz CT molecular complexity index is 1850. The molecule has 1 saturated heterocycles. The number of ketones is 1. The second-order valence-electron chi connectivity index (χ2n) is 11.2. The molecule has 0 aliphatic carbocycles. The molecule has 1 unspecified atom stereocenters. The summed E-state index contributed by atoms with van der Waals surface area (Å²) >= 11 is 0. The van der Waals surface area contributed by atoms with Crippen molar-refractivity contribution in [1.29, 1.82) is 5.41 Å². The molecule has 4 aromatic carbocycles. The largest absolute Gasteiger partial charge is 0.370 e. The summed E-state index contributed by atoms with van der Waals surface area (Å²) in [5, 5.41) is 10.6. The van der Waals surface area contributed by atoms with E-state index in [-0.39, 0.29) is 41.3 Å². The summed E-state index contributed by atoms with van der Waals surface area (Å²) in [6.45, 7) is 0.947. The molecule has 1 fully saturated rings. The first-order chi connectivity index (χ1) is 21.5. The summed E-state index contributed by atoms with van der Waals surface area (Å²) in [5.74, 6) is -2.11. The number of anilines is 1. The molecule has 4 aromatic rings. The van der Waals surface area contributed by atoms with Crippen LogP contribution in [0.2, 0.25) is 0 Å². The molecule has 0 radical (unpaired) electrons. The number of nitrogens with one attached hydrogen (secondary N) is 2. The number of carbonyl (C=O) groups excluding carboxylic acids is 3. The second-order valence-corrected chi connectivity index (χ2v) is 13.3. The zero-order valence-electron chi connectivity index (χ0n) is 25.3. The molecular formula is C34H36ClN5O5S. The fraction of sp³-hybridized carbons (Fsp3) is 0.235. The molecular weight excluding hydrogens is 626 g/mol. The predicted octanol–water partition coefficient (Wildman–Crippen LogP) is 4.28. The fourth-order valence-electron chi connectivity index (χ4n) is 5.58. The number of carbonyl (C=O) groups is 3. The fourth-order valence-corrected chi connectivity index (χ4v) is 7.30. The van der Waals surface area contributed by atoms with E-state index in [1.165, 1.54) is 11.0 Å². The maximum absolute atomic E-state index is 14.2. The molecule has 1 aliphatic rings. The van der Waals surface area contributed by atoms with Gasteiger partial charge in [-0.15, -0.1) is 12.4 Å². The molecule has 12 heteroatoms. The topological polar surface area (TPSA) is 154 Å². The third-order valence-electron chi connectivity index (χ3n) is 8.21. The van der Waals surface area contributed by atoms with Crippen LogP contribution < -0.4 is 11.1 Å². The van der Waals surface area contributed by atoms with Crippen LogP contribution >= 0.6 is 12.4 Å². The highest BCUT2D eigenvalue weighted by atomic mass is 35.5. The van der Waals surface area contributed by atoms with Crippen molar-refractivity contribution in [2.45, 2.75) is 35.4 Å². The van der Waals surface area contributed by atoms with E-state index in [0.29, 0.717) is 37.2 Å². The number of guanidine groups is 1. The Morgan fingerprint density at radius 3 is 2.28 bits per heavy atom. The van der Waals surface area contributed by atoms with E-state index in [4.69, 9.17) is 11.1 Å². The molecule has 46 heavy (non-hydrogen) atoms. The number of halogens is 1. The lowest BCUT2D eigenvalue weighted by atomic mass is 10.0. The van der Waals surface area contributed by atoms with Gasteiger partial charge in [-0.3, -0.25) is 19.8 Å². The molecule has 2 amide bonds. The van der Waals surface area contributed by atoms with Crippen LogP contribution in [0, 0.1) is 5.41 Å². The number of rotatable bonds is 9. The number of nitrogens with two attached hydrogens (primary N) is 1. The lowest BCUT2D eigenvalue weighted by molar-refractivity contribution is -0.132. The molecule has 240 valence electrons. The second kappa shape index (κ2) is 14.6. The number of nitrogens with zero attached hydrogens (tertiary/aromatic N) is 2. The summed E-state index contributed by atoms with van der Waals surface area (Å²) in [5.41, 5.74) is 6.90. The van der Waals surface area contributed by atoms with Crippen LogP contribution in [0.25, 0.3) is 10.8 Å². The first-order valence-corrected chi connectivity index (χ1v) is 16.2. The van der Waals surface area contributed by atoms with E-state index in [1.54, 1.807) is 78.7 Å². The number of benzene rings is 4. The Morgan fingerprint density at radius 2 is 1.61 bits per heavy atom. The highest BCUT2D eigenvalue weighted by Gasteiger charge is 2.39. The lowest BCUT2D eigenvalue weighted by Gasteiger charge is -2.39. The lowest BCUT2D eigenvalue weighted by Crippen LogP contribution is -2.54. The minimum absolute atomic E-state index is 0. The van der Waals surface area contributed by atoms with Gasteiger partial charge in [-0.25, -0.2) is 8.42 Å². The van der Waals surface area contributed by atoms with Gasteiger partial charge >= 0.3 is 0 Å². The number of Topliss-reactive ketones (excluding diaryl/α,β-unsaturated/α-hetero) is 1. The minimum Gasteiger partial charge on any atom is -0.370 e. The molecule has 0 saturated carbocycles. The number of hydrogen-bond donors (Lipinski definition) is 3. The monoisotopic (exact) mass is 661 g/mol. The predicted molar refractivity (Wildman–Crippen MR) is 181 cm³/mol. The van der Waals surface area contributed by atoms with Gasteiger partial charge in [0.1, 0.15) is 5.25 Å². The number of likely N-dealkylation sites (tertiary alicyclic amines) is 1. The molecule has 0 spiro atoms. The van der Waals surface area contributed by atoms with E-state index in [9.17, 15) is 22.8 Å². The van der Waals surface area contributed by atoms with Crippen LogP contribution in [-0.2, 0) is 25.8 Å². The maximum atomic E-state index is 14.2. The van der Waals surface area contributed by atoms with Gasteiger partial charge in [-0.1, -0.05) is 72.8 Å². The van der Waals surface area contributed by atoms with Gasteiger partial charge in [-0.2, -0.15) is 0 Å². The Balaban J connectivity index is 0.00000480. The summed E-state index contributed by atoms with van der Waals surface area (Å²) in [7, 11) is -2.56. The molecule has 1 heterocycles. The van der Waals surface area contributed by atoms with Crippen molar-refractivity contribution in [2.75, 3.05) is 25.5 Å². The number of amides is 2. The maximum Gasteiger partial charge on any atom is 0.296 e. The molecule has 2 atom stereocenters. The first-order valence-electron chi connectivity index (χ1n) is 14.6. The van der Waals surface area contributed by atoms with E-state index in [1.807, 2.05) is 24.3 Å². The van der Waals surface area contributed by atoms with Crippen molar-refractivity contribution in [1.82, 2.24) is 9.80 Å². The summed E-state index contributed by atoms with van der Waals surface area (Å²) in [6.07, 6.45) is 1.26. The number of sulfone groups is 1. The third-order valence-corrected chi connectivity index (χ3v) is 10.2. The molecule has 5 rings (SSSR count). The molecule has 1 aliphatic heterocycles. The smallest absolute Gasteiger partial charge is 0.296 e. The van der Waals surface area contributed by atoms with E-state index >= 15 is 0 Å². The molecule has 0 aromatic heterocycles. The number of piperidine rings is 1. The van der Waals surface area contributed by atoms with Gasteiger partial charge in [0, 0.05) is 37.4 Å². The van der Waals surface area contributed by atoms with Crippen LogP contribution in [0.1, 0.15) is 28.8 Å². The third kappa shape index (κ3) is 7.55. The van der Waals surface area contributed by atoms with Crippen molar-refractivity contribution in [2.24, 2.45) is 5.73 Å². The van der Waals surface area contributed by atoms with Gasteiger partial charge in [0.25, 0.3) is 11.7 Å². The van der Waals surface area contributed by atoms with Gasteiger partial charge in [0.05, 0.1) is 4.90 Å². The van der Waals surface area contributed by atoms with Crippen molar-refractivity contribution >= 4 is 62.3 Å². The SMILES string of the molecule is CN(C(=O)C(Cc1ccc(NC(=O)C(=O)c2ccccc2)cc1)S(=O)(=O)c1ccc2ccccc2c1)[C@H]1CCCN(C(=N)N)C1.Cl. The highest BCUT2D eigenvalue weighted by Crippen LogP contribution is 2.27. The number of likely N-dealkylation sites (N-methyl/N-ethyl adjacent to an activating group) is 1. The van der Waals surface area contributed by atoms with Gasteiger partial charge in [0.15, 0.2) is 15.8 Å². The Hall–Kier alpha value is -4.74. The molecule has 4 N–H and O–H groups in total. The zero-order chi connectivity index (χ0) is 32.1. The minimum atomic E-state index is -4.16. The number of hydrogen-bond acceptors (Lipinski definition) is 6. The van der Waals surface area contributed by atoms with Crippen molar-refractivity contribution in [3.05, 3.63) is 108 Å². The van der Waals surface area contributed by atoms with Gasteiger partial charge in [0.2, 0.25) is 5.91 Å². The molecule has 10 nitrogen and oxygen atoms in total. The zero-order valence-corrected chi connectivity index (χ0v) is 26.9. The Labute approximate surface area is 274 Å². The number of fused-ring (bicyclic) bond motifs is 1. The van der Waals surface area contributed by atoms with Crippen molar-refractivity contribution in [3.8, 4) is 0 Å². The van der Waals surface area contributed by atoms with E-state index in [2.05, 4.69) is 5.32 Å². The van der Waals surface area contributed by atoms with Crippen molar-refractivity contribution in [3.63, 3.8) is 0 Å². The van der Waals surface area contributed by atoms with Gasteiger partial charge in [-0.05, 0) is 59.9 Å². The average Bonchev–Trinajstić information content (AvgIpc) is 3.07. The Kier molecular flexibility index (Phi) is 10.8. The standard InChI is InChI=1S/C34H35N5O5S.ClH/c1-38(28-12-7-19-39(22-28)34(35)36)33(42)30(45(43,44)29-18-15-24-8-5-6-11-26(24)21-29)20-23-13-16-27(17-14-23)37-32(41)31(40)25-9-3-2-4-10-25;/h2-6,8-11,13-18,21,28,30H,7,12,19-20,22H2,1H3,(H3,35,36)(H,37,41);1H/t28-,30?;/m0./s1. The van der Waals surface area contributed by atoms with E-state index < -0.39 is 32.7 Å². The quantitative estimate of drug-likeness (QED) is 0.105. The van der Waals surface area contributed by atoms with Gasteiger partial charge < -0.3 is 20.9 Å². The van der Waals surface area contributed by atoms with Crippen molar-refractivity contribution < 1.29 is 22.8 Å². The summed E-state index contributed by atoms with van der Waals surface area (Å²) < 4.78 is 28.4. The summed E-state index contributed by atoms with van der Waals surface area (Å²) in [6, 6.07) is 26.6. The van der Waals surface area contributed by atoms with Crippen LogP contribution in [0.3, 0.4) is 0 Å². The van der Waals surface area contributed by atoms with Crippen LogP contribution in [0.5, 0.6) is 0 Å². The average molecular weight is 662 g/mol. The van der Waals surface area contributed by atoms with E-state index in [0.717, 1.165) is 10.8 Å². The molecule has 0 bridgehead atoms. The van der Waals surface area contributed by atoms with Crippen LogP contribution in [-0.4, -0.2) is 73.2 Å². The van der Waals surface area contributed by atoms with Crippen LogP contribution in [0.15, 0.2) is 102 Å². The van der Waals surface area contributed by atoms with Crippen LogP contribution in [0.4, 0.5) is 5.69 Å². The first kappa shape index (κ1) is 34.1. The highest BCUT2D eigenvalue weighted by molar-refractivity contribution is 7.92. The Morgan fingerprint density at radius 1 is 0.957 bits per heavy atom.